The van der Waals surface area contributed by atoms with Crippen LogP contribution in [-0.2, 0) is 16.0 Å². The van der Waals surface area contributed by atoms with Crippen LogP contribution in [0.2, 0.25) is 0 Å². The molecule has 1 atom stereocenters. The molecule has 2 aromatic carbocycles. The van der Waals surface area contributed by atoms with Gasteiger partial charge in [-0.2, -0.15) is 0 Å². The van der Waals surface area contributed by atoms with Gasteiger partial charge in [0.1, 0.15) is 6.61 Å². The first-order valence-corrected chi connectivity index (χ1v) is 6.75. The van der Waals surface area contributed by atoms with Crippen molar-refractivity contribution in [3.05, 3.63) is 71.8 Å². The summed E-state index contributed by atoms with van der Waals surface area (Å²) in [5, 5.41) is 9.60. The van der Waals surface area contributed by atoms with Crippen molar-refractivity contribution < 1.29 is 14.6 Å². The van der Waals surface area contributed by atoms with Crippen molar-refractivity contribution in [1.82, 2.24) is 0 Å². The number of aliphatic carboxylic acids is 1. The van der Waals surface area contributed by atoms with E-state index in [1.165, 1.54) is 0 Å². The van der Waals surface area contributed by atoms with Crippen molar-refractivity contribution in [2.75, 3.05) is 6.61 Å². The Bertz CT molecular complexity index is 667. The van der Waals surface area contributed by atoms with Crippen molar-refractivity contribution in [3.63, 3.8) is 0 Å². The van der Waals surface area contributed by atoms with Gasteiger partial charge in [-0.25, -0.2) is 9.79 Å². The second-order valence-corrected chi connectivity index (χ2v) is 5.07. The fraction of sp³-hybridized carbons (Fsp3) is 0.176. The highest BCUT2D eigenvalue weighted by Gasteiger charge is 2.44. The zero-order chi connectivity index (χ0) is 14.7. The summed E-state index contributed by atoms with van der Waals surface area (Å²) in [6, 6.07) is 18.9. The van der Waals surface area contributed by atoms with E-state index in [0.717, 1.165) is 11.1 Å². The molecule has 4 heteroatoms. The van der Waals surface area contributed by atoms with Crippen LogP contribution in [-0.4, -0.2) is 29.1 Å². The summed E-state index contributed by atoms with van der Waals surface area (Å²) in [5.74, 6) is -0.564. The Hall–Kier alpha value is -2.62. The summed E-state index contributed by atoms with van der Waals surface area (Å²) in [4.78, 5) is 16.1. The second-order valence-electron chi connectivity index (χ2n) is 5.07. The number of carboxylic acids is 1. The van der Waals surface area contributed by atoms with Crippen LogP contribution in [0, 0.1) is 0 Å². The molecule has 1 N–H and O–H groups in total. The smallest absolute Gasteiger partial charge is 0.335 e. The molecule has 0 unspecified atom stereocenters. The van der Waals surface area contributed by atoms with E-state index >= 15 is 0 Å². The molecule has 106 valence electrons. The Morgan fingerprint density at radius 2 is 1.71 bits per heavy atom. The van der Waals surface area contributed by atoms with Crippen molar-refractivity contribution in [3.8, 4) is 0 Å². The lowest BCUT2D eigenvalue weighted by Gasteiger charge is -2.18. The SMILES string of the molecule is O=C(O)[C@]1(Cc2ccccc2)COC(c2ccccc2)=N1. The van der Waals surface area contributed by atoms with E-state index in [9.17, 15) is 9.90 Å². The van der Waals surface area contributed by atoms with Gasteiger partial charge in [0.05, 0.1) is 0 Å². The molecule has 1 aliphatic rings. The largest absolute Gasteiger partial charge is 0.479 e. The number of hydrogen-bond donors (Lipinski definition) is 1. The van der Waals surface area contributed by atoms with E-state index in [2.05, 4.69) is 4.99 Å². The van der Waals surface area contributed by atoms with Gasteiger partial charge in [-0.3, -0.25) is 0 Å². The standard InChI is InChI=1S/C17H15NO3/c19-16(20)17(11-13-7-3-1-4-8-13)12-21-15(18-17)14-9-5-2-6-10-14/h1-10H,11-12H2,(H,19,20)/t17-/m0/s1. The topological polar surface area (TPSA) is 58.9 Å². The Kier molecular flexibility index (Phi) is 3.44. The molecule has 4 nitrogen and oxygen atoms in total. The van der Waals surface area contributed by atoms with E-state index in [-0.39, 0.29) is 6.61 Å². The van der Waals surface area contributed by atoms with Gasteiger partial charge in [-0.15, -0.1) is 0 Å². The minimum Gasteiger partial charge on any atom is -0.479 e. The van der Waals surface area contributed by atoms with Gasteiger partial charge in [0.15, 0.2) is 5.54 Å². The van der Waals surface area contributed by atoms with Crippen LogP contribution in [0.25, 0.3) is 0 Å². The lowest BCUT2D eigenvalue weighted by atomic mass is 9.93. The fourth-order valence-electron chi connectivity index (χ4n) is 2.38. The Balaban J connectivity index is 1.93. The summed E-state index contributed by atoms with van der Waals surface area (Å²) in [5.41, 5.74) is 0.488. The highest BCUT2D eigenvalue weighted by molar-refractivity contribution is 5.98. The van der Waals surface area contributed by atoms with E-state index < -0.39 is 11.5 Å². The minimum absolute atomic E-state index is 0.0570. The molecule has 2 aromatic rings. The van der Waals surface area contributed by atoms with Crippen LogP contribution in [0.5, 0.6) is 0 Å². The molecule has 1 heterocycles. The third-order valence-corrected chi connectivity index (χ3v) is 3.52. The zero-order valence-corrected chi connectivity index (χ0v) is 11.4. The van der Waals surface area contributed by atoms with Crippen molar-refractivity contribution in [2.45, 2.75) is 12.0 Å². The van der Waals surface area contributed by atoms with Gasteiger partial charge in [-0.05, 0) is 17.7 Å². The van der Waals surface area contributed by atoms with Gasteiger partial charge in [-0.1, -0.05) is 48.5 Å². The number of nitrogens with zero attached hydrogens (tertiary/aromatic N) is 1. The molecule has 0 saturated heterocycles. The van der Waals surface area contributed by atoms with Crippen LogP contribution in [0.15, 0.2) is 65.7 Å². The maximum absolute atomic E-state index is 11.7. The monoisotopic (exact) mass is 281 g/mol. The maximum Gasteiger partial charge on any atom is 0.335 e. The summed E-state index contributed by atoms with van der Waals surface area (Å²) in [7, 11) is 0. The van der Waals surface area contributed by atoms with Crippen LogP contribution in [0.4, 0.5) is 0 Å². The maximum atomic E-state index is 11.7. The predicted molar refractivity (Wildman–Crippen MR) is 79.4 cm³/mol. The molecular weight excluding hydrogens is 266 g/mol. The third-order valence-electron chi connectivity index (χ3n) is 3.52. The Morgan fingerprint density at radius 3 is 2.33 bits per heavy atom. The molecule has 0 aliphatic carbocycles. The second kappa shape index (κ2) is 5.40. The first-order chi connectivity index (χ1) is 10.2. The number of aliphatic imine (C=N–C) groups is 1. The van der Waals surface area contributed by atoms with Crippen molar-refractivity contribution in [1.29, 1.82) is 0 Å². The van der Waals surface area contributed by atoms with E-state index in [1.807, 2.05) is 60.7 Å². The molecule has 0 amide bonds. The van der Waals surface area contributed by atoms with Gasteiger partial charge < -0.3 is 9.84 Å². The van der Waals surface area contributed by atoms with Crippen LogP contribution < -0.4 is 0 Å². The molecule has 21 heavy (non-hydrogen) atoms. The van der Waals surface area contributed by atoms with E-state index in [0.29, 0.717) is 12.3 Å². The summed E-state index contributed by atoms with van der Waals surface area (Å²) < 4.78 is 5.56. The molecule has 0 saturated carbocycles. The zero-order valence-electron chi connectivity index (χ0n) is 11.4. The van der Waals surface area contributed by atoms with Crippen LogP contribution >= 0.6 is 0 Å². The van der Waals surface area contributed by atoms with Gasteiger partial charge in [0.2, 0.25) is 5.90 Å². The molecule has 0 radical (unpaired) electrons. The normalized spacial score (nSPS) is 20.7. The number of benzene rings is 2. The van der Waals surface area contributed by atoms with Crippen molar-refractivity contribution in [2.24, 2.45) is 4.99 Å². The average Bonchev–Trinajstić information content (AvgIpc) is 2.95. The lowest BCUT2D eigenvalue weighted by Crippen LogP contribution is -2.40. The van der Waals surface area contributed by atoms with Gasteiger partial charge >= 0.3 is 5.97 Å². The highest BCUT2D eigenvalue weighted by Crippen LogP contribution is 2.26. The van der Waals surface area contributed by atoms with Crippen molar-refractivity contribution >= 4 is 11.9 Å². The lowest BCUT2D eigenvalue weighted by molar-refractivity contribution is -0.143. The molecule has 3 rings (SSSR count). The Morgan fingerprint density at radius 1 is 1.10 bits per heavy atom. The molecular formula is C17H15NO3. The first kappa shape index (κ1) is 13.4. The number of hydrogen-bond acceptors (Lipinski definition) is 3. The number of ether oxygens (including phenoxy) is 1. The fourth-order valence-corrected chi connectivity index (χ4v) is 2.38. The Labute approximate surface area is 122 Å². The third kappa shape index (κ3) is 2.65. The molecule has 0 spiro atoms. The van der Waals surface area contributed by atoms with Crippen LogP contribution in [0.1, 0.15) is 11.1 Å². The quantitative estimate of drug-likeness (QED) is 0.936. The molecule has 0 bridgehead atoms. The van der Waals surface area contributed by atoms with Gasteiger partial charge in [0, 0.05) is 12.0 Å². The van der Waals surface area contributed by atoms with E-state index in [4.69, 9.17) is 4.74 Å². The van der Waals surface area contributed by atoms with Crippen LogP contribution in [0.3, 0.4) is 0 Å². The van der Waals surface area contributed by atoms with Gasteiger partial charge in [0.25, 0.3) is 0 Å². The summed E-state index contributed by atoms with van der Waals surface area (Å²) in [6.07, 6.45) is 0.319. The molecule has 0 aromatic heterocycles. The first-order valence-electron chi connectivity index (χ1n) is 6.75. The summed E-state index contributed by atoms with van der Waals surface area (Å²) in [6.45, 7) is 0.0570. The molecule has 0 fully saturated rings. The minimum atomic E-state index is -1.24. The summed E-state index contributed by atoms with van der Waals surface area (Å²) >= 11 is 0. The highest BCUT2D eigenvalue weighted by atomic mass is 16.5. The number of rotatable bonds is 4. The number of carboxylic acid groups (broad SMARTS) is 1. The predicted octanol–water partition coefficient (Wildman–Crippen LogP) is 2.53. The van der Waals surface area contributed by atoms with E-state index in [1.54, 1.807) is 0 Å². The molecule has 1 aliphatic heterocycles. The number of carbonyl (C=O) groups is 1. The average molecular weight is 281 g/mol.